The molecule has 16 heavy (non-hydrogen) atoms. The van der Waals surface area contributed by atoms with Gasteiger partial charge >= 0.3 is 0 Å². The predicted molar refractivity (Wildman–Crippen MR) is 63.1 cm³/mol. The maximum Gasteiger partial charge on any atom is 0.152 e. The number of nitrogens with zero attached hydrogens (tertiary/aromatic N) is 2. The first-order valence-electron chi connectivity index (χ1n) is 5.35. The molecule has 2 aromatic rings. The van der Waals surface area contributed by atoms with Gasteiger partial charge in [-0.2, -0.15) is 0 Å². The van der Waals surface area contributed by atoms with Crippen molar-refractivity contribution in [1.82, 2.24) is 9.55 Å². The van der Waals surface area contributed by atoms with Crippen LogP contribution in [0.3, 0.4) is 0 Å². The maximum absolute atomic E-state index is 11.0. The molecule has 0 aliphatic rings. The maximum atomic E-state index is 11.0. The third-order valence-electron chi connectivity index (χ3n) is 2.54. The zero-order valence-corrected chi connectivity index (χ0v) is 9.47. The molecule has 0 aliphatic heterocycles. The topological polar surface area (TPSA) is 34.9 Å². The Kier molecular flexibility index (Phi) is 2.86. The normalized spacial score (nSPS) is 10.4. The highest BCUT2D eigenvalue weighted by Crippen LogP contribution is 2.16. The lowest BCUT2D eigenvalue weighted by molar-refractivity contribution is 0.112. The Hall–Kier alpha value is -1.90. The van der Waals surface area contributed by atoms with Gasteiger partial charge in [0.25, 0.3) is 0 Å². The van der Waals surface area contributed by atoms with Crippen molar-refractivity contribution in [2.45, 2.75) is 20.3 Å². The van der Waals surface area contributed by atoms with Crippen molar-refractivity contribution in [3.63, 3.8) is 0 Å². The Morgan fingerprint density at radius 1 is 1.38 bits per heavy atom. The van der Waals surface area contributed by atoms with Crippen LogP contribution in [0.2, 0.25) is 0 Å². The van der Waals surface area contributed by atoms with Crippen LogP contribution in [0.1, 0.15) is 28.8 Å². The molecule has 0 saturated carbocycles. The minimum Gasteiger partial charge on any atom is -0.303 e. The van der Waals surface area contributed by atoms with Crippen LogP contribution in [0.25, 0.3) is 5.69 Å². The number of benzene rings is 1. The summed E-state index contributed by atoms with van der Waals surface area (Å²) in [6.07, 6.45) is 3.69. The van der Waals surface area contributed by atoms with Crippen LogP contribution in [-0.2, 0) is 6.42 Å². The summed E-state index contributed by atoms with van der Waals surface area (Å²) in [6, 6.07) is 7.54. The SMILES string of the molecule is CCc1nc(C)cn1-c1ccccc1C=O. The van der Waals surface area contributed by atoms with Crippen LogP contribution in [0.4, 0.5) is 0 Å². The van der Waals surface area contributed by atoms with E-state index in [0.29, 0.717) is 5.56 Å². The van der Waals surface area contributed by atoms with Gasteiger partial charge in [-0.15, -0.1) is 0 Å². The molecule has 82 valence electrons. The van der Waals surface area contributed by atoms with Crippen molar-refractivity contribution in [2.24, 2.45) is 0 Å². The predicted octanol–water partition coefficient (Wildman–Crippen LogP) is 2.56. The van der Waals surface area contributed by atoms with Gasteiger partial charge in [0.1, 0.15) is 5.82 Å². The summed E-state index contributed by atoms with van der Waals surface area (Å²) in [4.78, 5) is 15.4. The van der Waals surface area contributed by atoms with Gasteiger partial charge in [0.05, 0.1) is 11.4 Å². The fraction of sp³-hybridized carbons (Fsp3) is 0.231. The van der Waals surface area contributed by atoms with Crippen molar-refractivity contribution in [1.29, 1.82) is 0 Å². The lowest BCUT2D eigenvalue weighted by Gasteiger charge is -2.08. The zero-order valence-electron chi connectivity index (χ0n) is 9.47. The van der Waals surface area contributed by atoms with E-state index in [1.165, 1.54) is 0 Å². The van der Waals surface area contributed by atoms with Crippen molar-refractivity contribution in [2.75, 3.05) is 0 Å². The second-order valence-electron chi connectivity index (χ2n) is 3.70. The molecule has 1 aromatic heterocycles. The van der Waals surface area contributed by atoms with Gasteiger partial charge in [-0.1, -0.05) is 19.1 Å². The van der Waals surface area contributed by atoms with Crippen LogP contribution in [0.15, 0.2) is 30.5 Å². The van der Waals surface area contributed by atoms with Crippen LogP contribution >= 0.6 is 0 Å². The quantitative estimate of drug-likeness (QED) is 0.736. The molecule has 0 bridgehead atoms. The zero-order chi connectivity index (χ0) is 11.5. The number of aromatic nitrogens is 2. The number of aldehydes is 1. The molecular weight excluding hydrogens is 200 g/mol. The molecular formula is C13H14N2O. The van der Waals surface area contributed by atoms with Crippen LogP contribution < -0.4 is 0 Å². The van der Waals surface area contributed by atoms with Crippen LogP contribution in [0, 0.1) is 6.92 Å². The van der Waals surface area contributed by atoms with E-state index in [2.05, 4.69) is 11.9 Å². The Morgan fingerprint density at radius 2 is 2.12 bits per heavy atom. The van der Waals surface area contributed by atoms with E-state index in [1.807, 2.05) is 42.0 Å². The summed E-state index contributed by atoms with van der Waals surface area (Å²) in [5.41, 5.74) is 2.56. The van der Waals surface area contributed by atoms with E-state index in [-0.39, 0.29) is 0 Å². The second-order valence-corrected chi connectivity index (χ2v) is 3.70. The molecule has 0 radical (unpaired) electrons. The Morgan fingerprint density at radius 3 is 2.81 bits per heavy atom. The van der Waals surface area contributed by atoms with Gasteiger partial charge in [0.2, 0.25) is 0 Å². The van der Waals surface area contributed by atoms with E-state index >= 15 is 0 Å². The molecule has 0 fully saturated rings. The van der Waals surface area contributed by atoms with Gasteiger partial charge in [-0.25, -0.2) is 4.98 Å². The molecule has 3 heteroatoms. The fourth-order valence-corrected chi connectivity index (χ4v) is 1.81. The Labute approximate surface area is 94.7 Å². The number of hydrogen-bond acceptors (Lipinski definition) is 2. The van der Waals surface area contributed by atoms with E-state index < -0.39 is 0 Å². The standard InChI is InChI=1S/C13H14N2O/c1-3-13-14-10(2)8-15(13)12-7-5-4-6-11(12)9-16/h4-9H,3H2,1-2H3. The molecule has 0 saturated heterocycles. The largest absolute Gasteiger partial charge is 0.303 e. The average Bonchev–Trinajstić information content (AvgIpc) is 2.70. The van der Waals surface area contributed by atoms with Crippen LogP contribution in [-0.4, -0.2) is 15.8 Å². The third-order valence-corrected chi connectivity index (χ3v) is 2.54. The number of imidazole rings is 1. The number of aryl methyl sites for hydroxylation is 2. The van der Waals surface area contributed by atoms with Crippen LogP contribution in [0.5, 0.6) is 0 Å². The summed E-state index contributed by atoms with van der Waals surface area (Å²) in [6.45, 7) is 4.01. The highest BCUT2D eigenvalue weighted by atomic mass is 16.1. The lowest BCUT2D eigenvalue weighted by atomic mass is 10.2. The number of hydrogen-bond donors (Lipinski definition) is 0. The third kappa shape index (κ3) is 1.76. The second kappa shape index (κ2) is 4.31. The van der Waals surface area contributed by atoms with E-state index in [0.717, 1.165) is 29.9 Å². The first kappa shape index (κ1) is 10.6. The average molecular weight is 214 g/mol. The van der Waals surface area contributed by atoms with Crippen molar-refractivity contribution in [3.05, 3.63) is 47.5 Å². The van der Waals surface area contributed by atoms with Gasteiger partial charge in [-0.3, -0.25) is 4.79 Å². The lowest BCUT2D eigenvalue weighted by Crippen LogP contribution is -2.02. The summed E-state index contributed by atoms with van der Waals surface area (Å²) in [5, 5.41) is 0. The molecule has 0 aliphatic carbocycles. The van der Waals surface area contributed by atoms with Gasteiger partial charge < -0.3 is 4.57 Å². The Balaban J connectivity index is 2.61. The Bertz CT molecular complexity index is 514. The highest BCUT2D eigenvalue weighted by Gasteiger charge is 2.08. The first-order chi connectivity index (χ1) is 7.76. The molecule has 0 amide bonds. The van der Waals surface area contributed by atoms with Crippen molar-refractivity contribution < 1.29 is 4.79 Å². The molecule has 0 atom stereocenters. The number of para-hydroxylation sites is 1. The smallest absolute Gasteiger partial charge is 0.152 e. The number of rotatable bonds is 3. The minimum atomic E-state index is 0.689. The summed E-state index contributed by atoms with van der Waals surface area (Å²) < 4.78 is 1.99. The van der Waals surface area contributed by atoms with Gasteiger partial charge in [0.15, 0.2) is 6.29 Å². The summed E-state index contributed by atoms with van der Waals surface area (Å²) >= 11 is 0. The molecule has 1 aromatic carbocycles. The summed E-state index contributed by atoms with van der Waals surface area (Å²) in [5.74, 6) is 0.979. The van der Waals surface area contributed by atoms with Gasteiger partial charge in [-0.05, 0) is 19.1 Å². The summed E-state index contributed by atoms with van der Waals surface area (Å²) in [7, 11) is 0. The highest BCUT2D eigenvalue weighted by molar-refractivity contribution is 5.80. The number of carbonyl (C=O) groups excluding carboxylic acids is 1. The molecule has 1 heterocycles. The number of carbonyl (C=O) groups is 1. The van der Waals surface area contributed by atoms with E-state index in [9.17, 15) is 4.79 Å². The fourth-order valence-electron chi connectivity index (χ4n) is 1.81. The first-order valence-corrected chi connectivity index (χ1v) is 5.35. The van der Waals surface area contributed by atoms with Crippen molar-refractivity contribution >= 4 is 6.29 Å². The molecule has 0 N–H and O–H groups in total. The van der Waals surface area contributed by atoms with E-state index in [1.54, 1.807) is 0 Å². The molecule has 2 rings (SSSR count). The van der Waals surface area contributed by atoms with Gasteiger partial charge in [0, 0.05) is 18.2 Å². The van der Waals surface area contributed by atoms with E-state index in [4.69, 9.17) is 0 Å². The monoisotopic (exact) mass is 214 g/mol. The molecule has 0 spiro atoms. The molecule has 0 unspecified atom stereocenters. The van der Waals surface area contributed by atoms with Crippen molar-refractivity contribution in [3.8, 4) is 5.69 Å². The molecule has 3 nitrogen and oxygen atoms in total. The minimum absolute atomic E-state index is 0.689.